The number of ether oxygens (including phenoxy) is 1. The van der Waals surface area contributed by atoms with Crippen LogP contribution in [0, 0.1) is 0 Å². The van der Waals surface area contributed by atoms with Gasteiger partial charge in [0.05, 0.1) is 12.7 Å². The fraction of sp³-hybridized carbons (Fsp3) is 0.333. The number of halogens is 1. The predicted molar refractivity (Wildman–Crippen MR) is 89.2 cm³/mol. The normalized spacial score (nSPS) is 19.5. The standard InChI is InChI=1S/C18H21NO.ClH/c1-3-7-15(8-4-1)13-17(16-9-5-2-6-10-16)18-14-19-11-12-20-18;/h1-10,17-19H,11-14H2;1H/t17-,18-;/m0./s1. The Labute approximate surface area is 132 Å². The second kappa shape index (κ2) is 8.18. The lowest BCUT2D eigenvalue weighted by atomic mass is 9.87. The summed E-state index contributed by atoms with van der Waals surface area (Å²) in [4.78, 5) is 0. The topological polar surface area (TPSA) is 21.3 Å². The highest BCUT2D eigenvalue weighted by Gasteiger charge is 2.25. The molecule has 0 saturated carbocycles. The minimum Gasteiger partial charge on any atom is -0.375 e. The van der Waals surface area contributed by atoms with Crippen LogP contribution in [0.3, 0.4) is 0 Å². The van der Waals surface area contributed by atoms with Gasteiger partial charge in [-0.2, -0.15) is 0 Å². The van der Waals surface area contributed by atoms with Crippen LogP contribution in [0.5, 0.6) is 0 Å². The molecule has 1 N–H and O–H groups in total. The zero-order valence-electron chi connectivity index (χ0n) is 12.1. The molecule has 1 heterocycles. The maximum atomic E-state index is 6.00. The molecule has 3 rings (SSSR count). The van der Waals surface area contributed by atoms with E-state index < -0.39 is 0 Å². The first-order valence-corrected chi connectivity index (χ1v) is 7.34. The predicted octanol–water partition coefficient (Wildman–Crippen LogP) is 3.42. The average Bonchev–Trinajstić information content (AvgIpc) is 2.55. The molecular weight excluding hydrogens is 282 g/mol. The van der Waals surface area contributed by atoms with Crippen LogP contribution >= 0.6 is 12.4 Å². The highest BCUT2D eigenvalue weighted by molar-refractivity contribution is 5.85. The molecule has 1 saturated heterocycles. The SMILES string of the molecule is Cl.c1ccc(C[C@@H](c2ccccc2)[C@@H]2CNCCO2)cc1. The molecule has 2 nitrogen and oxygen atoms in total. The third kappa shape index (κ3) is 4.31. The van der Waals surface area contributed by atoms with Crippen molar-refractivity contribution in [1.82, 2.24) is 5.32 Å². The summed E-state index contributed by atoms with van der Waals surface area (Å²) >= 11 is 0. The van der Waals surface area contributed by atoms with Gasteiger partial charge in [0.15, 0.2) is 0 Å². The van der Waals surface area contributed by atoms with E-state index in [-0.39, 0.29) is 18.5 Å². The first-order valence-electron chi connectivity index (χ1n) is 7.34. The molecule has 21 heavy (non-hydrogen) atoms. The molecule has 0 radical (unpaired) electrons. The van der Waals surface area contributed by atoms with E-state index in [1.807, 2.05) is 0 Å². The van der Waals surface area contributed by atoms with Gasteiger partial charge in [-0.3, -0.25) is 0 Å². The van der Waals surface area contributed by atoms with Gasteiger partial charge in [0, 0.05) is 19.0 Å². The van der Waals surface area contributed by atoms with E-state index >= 15 is 0 Å². The molecule has 0 aromatic heterocycles. The van der Waals surface area contributed by atoms with E-state index in [0.29, 0.717) is 5.92 Å². The van der Waals surface area contributed by atoms with E-state index in [1.165, 1.54) is 11.1 Å². The molecule has 112 valence electrons. The van der Waals surface area contributed by atoms with Crippen molar-refractivity contribution in [2.45, 2.75) is 18.4 Å². The summed E-state index contributed by atoms with van der Waals surface area (Å²) in [5.74, 6) is 0.409. The molecule has 0 spiro atoms. The highest BCUT2D eigenvalue weighted by atomic mass is 35.5. The highest BCUT2D eigenvalue weighted by Crippen LogP contribution is 2.27. The van der Waals surface area contributed by atoms with Crippen LogP contribution in [0.15, 0.2) is 60.7 Å². The number of rotatable bonds is 4. The molecule has 0 amide bonds. The summed E-state index contributed by atoms with van der Waals surface area (Å²) in [6, 6.07) is 21.4. The van der Waals surface area contributed by atoms with E-state index in [1.54, 1.807) is 0 Å². The second-order valence-electron chi connectivity index (χ2n) is 5.32. The molecule has 0 aliphatic carbocycles. The lowest BCUT2D eigenvalue weighted by Crippen LogP contribution is -2.42. The molecule has 3 heteroatoms. The molecule has 1 fully saturated rings. The van der Waals surface area contributed by atoms with Gasteiger partial charge >= 0.3 is 0 Å². The summed E-state index contributed by atoms with van der Waals surface area (Å²) in [5, 5.41) is 3.45. The Morgan fingerprint density at radius 2 is 1.67 bits per heavy atom. The van der Waals surface area contributed by atoms with Crippen LogP contribution in [-0.4, -0.2) is 25.8 Å². The van der Waals surface area contributed by atoms with Gasteiger partial charge in [0.1, 0.15) is 0 Å². The molecule has 2 aromatic rings. The molecule has 0 unspecified atom stereocenters. The Morgan fingerprint density at radius 1 is 1.00 bits per heavy atom. The van der Waals surface area contributed by atoms with E-state index in [9.17, 15) is 0 Å². The minimum absolute atomic E-state index is 0. The Morgan fingerprint density at radius 3 is 2.29 bits per heavy atom. The fourth-order valence-electron chi connectivity index (χ4n) is 2.88. The van der Waals surface area contributed by atoms with Gasteiger partial charge < -0.3 is 10.1 Å². The van der Waals surface area contributed by atoms with E-state index in [2.05, 4.69) is 66.0 Å². The zero-order chi connectivity index (χ0) is 13.6. The number of benzene rings is 2. The van der Waals surface area contributed by atoms with Gasteiger partial charge in [0.25, 0.3) is 0 Å². The Kier molecular flexibility index (Phi) is 6.24. The van der Waals surface area contributed by atoms with Crippen molar-refractivity contribution < 1.29 is 4.74 Å². The summed E-state index contributed by atoms with van der Waals surface area (Å²) in [6.45, 7) is 2.71. The lowest BCUT2D eigenvalue weighted by molar-refractivity contribution is 0.0110. The van der Waals surface area contributed by atoms with Gasteiger partial charge in [-0.25, -0.2) is 0 Å². The Bertz CT molecular complexity index is 511. The summed E-state index contributed by atoms with van der Waals surface area (Å²) in [5.41, 5.74) is 2.74. The van der Waals surface area contributed by atoms with Crippen LogP contribution in [0.2, 0.25) is 0 Å². The molecule has 1 aliphatic heterocycles. The van der Waals surface area contributed by atoms with Gasteiger partial charge in [-0.05, 0) is 17.5 Å². The maximum Gasteiger partial charge on any atom is 0.0771 e. The Balaban J connectivity index is 0.00000161. The minimum atomic E-state index is 0. The molecular formula is C18H22ClNO. The van der Waals surface area contributed by atoms with Crippen molar-refractivity contribution in [3.8, 4) is 0 Å². The van der Waals surface area contributed by atoms with Crippen molar-refractivity contribution in [2.24, 2.45) is 0 Å². The quantitative estimate of drug-likeness (QED) is 0.934. The van der Waals surface area contributed by atoms with Gasteiger partial charge in [-0.15, -0.1) is 12.4 Å². The number of hydrogen-bond donors (Lipinski definition) is 1. The number of hydrogen-bond acceptors (Lipinski definition) is 2. The van der Waals surface area contributed by atoms with Crippen molar-refractivity contribution in [3.63, 3.8) is 0 Å². The summed E-state index contributed by atoms with van der Waals surface area (Å²) < 4.78 is 6.00. The summed E-state index contributed by atoms with van der Waals surface area (Å²) in [7, 11) is 0. The monoisotopic (exact) mass is 303 g/mol. The molecule has 0 bridgehead atoms. The number of nitrogens with one attached hydrogen (secondary N) is 1. The fourth-order valence-corrected chi connectivity index (χ4v) is 2.88. The third-order valence-corrected chi connectivity index (χ3v) is 3.93. The van der Waals surface area contributed by atoms with Crippen molar-refractivity contribution in [3.05, 3.63) is 71.8 Å². The van der Waals surface area contributed by atoms with Crippen molar-refractivity contribution in [1.29, 1.82) is 0 Å². The van der Waals surface area contributed by atoms with Crippen molar-refractivity contribution in [2.75, 3.05) is 19.7 Å². The van der Waals surface area contributed by atoms with Crippen LogP contribution in [0.1, 0.15) is 17.0 Å². The second-order valence-corrected chi connectivity index (χ2v) is 5.32. The van der Waals surface area contributed by atoms with Gasteiger partial charge in [-0.1, -0.05) is 60.7 Å². The van der Waals surface area contributed by atoms with Crippen LogP contribution in [0.25, 0.3) is 0 Å². The van der Waals surface area contributed by atoms with Crippen LogP contribution < -0.4 is 5.32 Å². The van der Waals surface area contributed by atoms with E-state index in [0.717, 1.165) is 26.1 Å². The summed E-state index contributed by atoms with van der Waals surface area (Å²) in [6.07, 6.45) is 1.28. The largest absolute Gasteiger partial charge is 0.375 e. The first-order chi connectivity index (χ1) is 9.93. The molecule has 2 aromatic carbocycles. The molecule has 2 atom stereocenters. The van der Waals surface area contributed by atoms with Crippen molar-refractivity contribution >= 4 is 12.4 Å². The first kappa shape index (κ1) is 16.0. The molecule has 1 aliphatic rings. The smallest absolute Gasteiger partial charge is 0.0771 e. The average molecular weight is 304 g/mol. The zero-order valence-corrected chi connectivity index (χ0v) is 12.9. The van der Waals surface area contributed by atoms with Crippen LogP contribution in [0.4, 0.5) is 0 Å². The number of morpholine rings is 1. The third-order valence-electron chi connectivity index (χ3n) is 3.93. The maximum absolute atomic E-state index is 6.00. The van der Waals surface area contributed by atoms with E-state index in [4.69, 9.17) is 4.74 Å². The van der Waals surface area contributed by atoms with Gasteiger partial charge in [0.2, 0.25) is 0 Å². The lowest BCUT2D eigenvalue weighted by Gasteiger charge is -2.31. The van der Waals surface area contributed by atoms with Crippen LogP contribution in [-0.2, 0) is 11.2 Å². The Hall–Kier alpha value is -1.35.